The number of nitrogens with one attached hydrogen (secondary N) is 1. The van der Waals surface area contributed by atoms with Gasteiger partial charge in [0.2, 0.25) is 0 Å². The number of hydrogen-bond acceptors (Lipinski definition) is 4. The van der Waals surface area contributed by atoms with E-state index in [9.17, 15) is 9.59 Å². The molecule has 1 amide bonds. The fraction of sp³-hybridized carbons (Fsp3) is 0.333. The predicted molar refractivity (Wildman–Crippen MR) is 102 cm³/mol. The summed E-state index contributed by atoms with van der Waals surface area (Å²) in [5.41, 5.74) is 4.47. The molecule has 2 aromatic rings. The Morgan fingerprint density at radius 3 is 2.38 bits per heavy atom. The van der Waals surface area contributed by atoms with Gasteiger partial charge in [-0.3, -0.25) is 9.59 Å². The van der Waals surface area contributed by atoms with E-state index >= 15 is 0 Å². The molecule has 0 aliphatic rings. The van der Waals surface area contributed by atoms with Gasteiger partial charge in [-0.05, 0) is 51.0 Å². The average Bonchev–Trinajstić information content (AvgIpc) is 2.58. The number of carbonyl (C=O) groups excluding carboxylic acids is 2. The molecule has 0 radical (unpaired) electrons. The minimum Gasteiger partial charge on any atom is -0.496 e. The Bertz CT molecular complexity index is 814. The molecular formula is C21H25NO4. The molecule has 1 N–H and O–H groups in total. The second-order valence-electron chi connectivity index (χ2n) is 6.43. The summed E-state index contributed by atoms with van der Waals surface area (Å²) < 4.78 is 10.6. The highest BCUT2D eigenvalue weighted by atomic mass is 16.5. The van der Waals surface area contributed by atoms with Crippen LogP contribution >= 0.6 is 0 Å². The van der Waals surface area contributed by atoms with E-state index in [2.05, 4.69) is 5.32 Å². The van der Waals surface area contributed by atoms with Crippen LogP contribution in [0.3, 0.4) is 0 Å². The van der Waals surface area contributed by atoms with E-state index in [4.69, 9.17) is 9.47 Å². The molecule has 0 saturated heterocycles. The van der Waals surface area contributed by atoms with Crippen molar-refractivity contribution in [3.63, 3.8) is 0 Å². The first-order chi connectivity index (χ1) is 12.3. The van der Waals surface area contributed by atoms with Gasteiger partial charge in [0.05, 0.1) is 13.5 Å². The Labute approximate surface area is 154 Å². The van der Waals surface area contributed by atoms with E-state index in [1.165, 1.54) is 0 Å². The largest absolute Gasteiger partial charge is 0.496 e. The van der Waals surface area contributed by atoms with E-state index in [0.29, 0.717) is 5.75 Å². The summed E-state index contributed by atoms with van der Waals surface area (Å²) in [7, 11) is 1.56. The molecule has 0 unspecified atom stereocenters. The van der Waals surface area contributed by atoms with Crippen LogP contribution in [0, 0.1) is 20.8 Å². The van der Waals surface area contributed by atoms with Gasteiger partial charge in [0.15, 0.2) is 6.10 Å². The zero-order chi connectivity index (χ0) is 19.3. The van der Waals surface area contributed by atoms with E-state index in [0.717, 1.165) is 27.9 Å². The molecule has 0 aliphatic heterocycles. The quantitative estimate of drug-likeness (QED) is 0.802. The van der Waals surface area contributed by atoms with Crippen LogP contribution in [0.2, 0.25) is 0 Å². The van der Waals surface area contributed by atoms with Gasteiger partial charge in [-0.2, -0.15) is 0 Å². The van der Waals surface area contributed by atoms with Crippen LogP contribution < -0.4 is 10.1 Å². The molecule has 0 saturated carbocycles. The predicted octanol–water partition coefficient (Wildman–Crippen LogP) is 3.73. The summed E-state index contributed by atoms with van der Waals surface area (Å²) in [4.78, 5) is 24.6. The molecule has 1 atom stereocenters. The number of benzene rings is 2. The van der Waals surface area contributed by atoms with Crippen molar-refractivity contribution in [3.05, 3.63) is 58.7 Å². The van der Waals surface area contributed by atoms with Crippen LogP contribution in [0.4, 0.5) is 5.69 Å². The molecule has 0 fully saturated rings. The monoisotopic (exact) mass is 355 g/mol. The van der Waals surface area contributed by atoms with Crippen LogP contribution in [0.25, 0.3) is 0 Å². The maximum atomic E-state index is 12.3. The third-order valence-corrected chi connectivity index (χ3v) is 4.10. The van der Waals surface area contributed by atoms with Crippen molar-refractivity contribution >= 4 is 17.6 Å². The lowest BCUT2D eigenvalue weighted by Gasteiger charge is -2.16. The van der Waals surface area contributed by atoms with E-state index in [-0.39, 0.29) is 12.3 Å². The lowest BCUT2D eigenvalue weighted by atomic mass is 10.1. The minimum absolute atomic E-state index is 0.0476. The lowest BCUT2D eigenvalue weighted by molar-refractivity contribution is -0.152. The number of hydrogen-bond donors (Lipinski definition) is 1. The number of amides is 1. The molecule has 26 heavy (non-hydrogen) atoms. The molecule has 0 spiro atoms. The number of esters is 1. The maximum Gasteiger partial charge on any atom is 0.311 e. The fourth-order valence-corrected chi connectivity index (χ4v) is 2.60. The molecule has 0 aliphatic carbocycles. The fourth-order valence-electron chi connectivity index (χ4n) is 2.60. The third-order valence-electron chi connectivity index (χ3n) is 4.10. The molecule has 2 aromatic carbocycles. The zero-order valence-electron chi connectivity index (χ0n) is 15.9. The first kappa shape index (κ1) is 19.5. The Balaban J connectivity index is 1.99. The highest BCUT2D eigenvalue weighted by Gasteiger charge is 2.20. The second kappa shape index (κ2) is 8.52. The van der Waals surface area contributed by atoms with Crippen molar-refractivity contribution in [1.82, 2.24) is 0 Å². The van der Waals surface area contributed by atoms with Crippen LogP contribution in [0.15, 0.2) is 36.4 Å². The summed E-state index contributed by atoms with van der Waals surface area (Å²) >= 11 is 0. The average molecular weight is 355 g/mol. The third kappa shape index (κ3) is 5.09. The summed E-state index contributed by atoms with van der Waals surface area (Å²) in [6.07, 6.45) is -0.843. The van der Waals surface area contributed by atoms with Gasteiger partial charge in [-0.1, -0.05) is 29.8 Å². The number of anilines is 1. The maximum absolute atomic E-state index is 12.3. The smallest absolute Gasteiger partial charge is 0.311 e. The standard InChI is InChI=1S/C21H25NO4/c1-13-7-9-19(25-5)17(10-13)12-20(23)26-16(4)21(24)22-18-11-14(2)6-8-15(18)3/h6-11,16H,12H2,1-5H3,(H,22,24)/t16-/m0/s1. The summed E-state index contributed by atoms with van der Waals surface area (Å²) in [6, 6.07) is 11.4. The Kier molecular flexibility index (Phi) is 6.39. The van der Waals surface area contributed by atoms with Crippen molar-refractivity contribution in [1.29, 1.82) is 0 Å². The van der Waals surface area contributed by atoms with Gasteiger partial charge in [-0.25, -0.2) is 0 Å². The SMILES string of the molecule is COc1ccc(C)cc1CC(=O)O[C@@H](C)C(=O)Nc1cc(C)ccc1C. The van der Waals surface area contributed by atoms with Crippen molar-refractivity contribution < 1.29 is 19.1 Å². The highest BCUT2D eigenvalue weighted by molar-refractivity contribution is 5.95. The number of carbonyl (C=O) groups is 2. The topological polar surface area (TPSA) is 64.6 Å². The molecular weight excluding hydrogens is 330 g/mol. The first-order valence-electron chi connectivity index (χ1n) is 8.51. The molecule has 5 nitrogen and oxygen atoms in total. The van der Waals surface area contributed by atoms with Crippen molar-refractivity contribution in [2.75, 3.05) is 12.4 Å². The number of rotatable bonds is 6. The van der Waals surface area contributed by atoms with E-state index < -0.39 is 12.1 Å². The van der Waals surface area contributed by atoms with E-state index in [1.807, 2.05) is 57.2 Å². The number of methoxy groups -OCH3 is 1. The molecule has 2 rings (SSSR count). The Morgan fingerprint density at radius 2 is 1.69 bits per heavy atom. The molecule has 138 valence electrons. The Hall–Kier alpha value is -2.82. The summed E-state index contributed by atoms with van der Waals surface area (Å²) in [5.74, 6) is -0.208. The van der Waals surface area contributed by atoms with Gasteiger partial charge >= 0.3 is 5.97 Å². The van der Waals surface area contributed by atoms with Gasteiger partial charge in [-0.15, -0.1) is 0 Å². The first-order valence-corrected chi connectivity index (χ1v) is 8.51. The van der Waals surface area contributed by atoms with Crippen molar-refractivity contribution in [2.45, 2.75) is 40.2 Å². The Morgan fingerprint density at radius 1 is 1.04 bits per heavy atom. The normalized spacial score (nSPS) is 11.6. The van der Waals surface area contributed by atoms with E-state index in [1.54, 1.807) is 14.0 Å². The van der Waals surface area contributed by atoms with Crippen LogP contribution in [-0.4, -0.2) is 25.1 Å². The number of ether oxygens (including phenoxy) is 2. The van der Waals surface area contributed by atoms with Crippen molar-refractivity contribution in [2.24, 2.45) is 0 Å². The van der Waals surface area contributed by atoms with Gasteiger partial charge in [0.25, 0.3) is 5.91 Å². The van der Waals surface area contributed by atoms with Crippen LogP contribution in [-0.2, 0) is 20.7 Å². The van der Waals surface area contributed by atoms with Crippen molar-refractivity contribution in [3.8, 4) is 5.75 Å². The second-order valence-corrected chi connectivity index (χ2v) is 6.43. The summed E-state index contributed by atoms with van der Waals surface area (Å²) in [5, 5.41) is 2.81. The molecule has 0 aromatic heterocycles. The lowest BCUT2D eigenvalue weighted by Crippen LogP contribution is -2.30. The molecule has 0 bridgehead atoms. The van der Waals surface area contributed by atoms with Gasteiger partial charge in [0, 0.05) is 11.3 Å². The zero-order valence-corrected chi connectivity index (χ0v) is 15.9. The molecule has 5 heteroatoms. The molecule has 0 heterocycles. The van der Waals surface area contributed by atoms with Gasteiger partial charge < -0.3 is 14.8 Å². The van der Waals surface area contributed by atoms with Crippen LogP contribution in [0.1, 0.15) is 29.2 Å². The minimum atomic E-state index is -0.891. The summed E-state index contributed by atoms with van der Waals surface area (Å²) in [6.45, 7) is 7.36. The highest BCUT2D eigenvalue weighted by Crippen LogP contribution is 2.21. The van der Waals surface area contributed by atoms with Crippen LogP contribution in [0.5, 0.6) is 5.75 Å². The number of aryl methyl sites for hydroxylation is 3. The van der Waals surface area contributed by atoms with Gasteiger partial charge in [0.1, 0.15) is 5.75 Å².